The van der Waals surface area contributed by atoms with Gasteiger partial charge in [-0.25, -0.2) is 0 Å². The van der Waals surface area contributed by atoms with Gasteiger partial charge in [-0.05, 0) is 37.3 Å². The van der Waals surface area contributed by atoms with Crippen molar-refractivity contribution in [2.24, 2.45) is 0 Å². The highest BCUT2D eigenvalue weighted by Crippen LogP contribution is 2.34. The molecule has 3 heteroatoms. The van der Waals surface area contributed by atoms with Crippen molar-refractivity contribution in [1.29, 1.82) is 0 Å². The normalized spacial score (nSPS) is 10.8. The summed E-state index contributed by atoms with van der Waals surface area (Å²) in [7, 11) is 0. The third-order valence-corrected chi connectivity index (χ3v) is 3.31. The number of Topliss-reactive ketones (excluding diaryl/α,β-unsaturated/α-hetero) is 1. The second-order valence-electron chi connectivity index (χ2n) is 4.37. The fraction of sp³-hybridized carbons (Fsp3) is 0.0625. The summed E-state index contributed by atoms with van der Waals surface area (Å²) in [4.78, 5) is 11.9. The van der Waals surface area contributed by atoms with E-state index >= 15 is 0 Å². The molecular formula is C16H11ClO2. The number of ketones is 1. The molecule has 0 aliphatic carbocycles. The zero-order valence-electron chi connectivity index (χ0n) is 10.3. The number of benzene rings is 2. The lowest BCUT2D eigenvalue weighted by Gasteiger charge is -2.00. The number of fused-ring (bicyclic) bond motifs is 1. The number of carbonyl (C=O) groups is 1. The summed E-state index contributed by atoms with van der Waals surface area (Å²) >= 11 is 5.88. The lowest BCUT2D eigenvalue weighted by atomic mass is 10.0. The van der Waals surface area contributed by atoms with Crippen molar-refractivity contribution < 1.29 is 9.21 Å². The summed E-state index contributed by atoms with van der Waals surface area (Å²) in [5.41, 5.74) is 2.20. The monoisotopic (exact) mass is 270 g/mol. The first kappa shape index (κ1) is 12.0. The van der Waals surface area contributed by atoms with E-state index in [4.69, 9.17) is 16.0 Å². The van der Waals surface area contributed by atoms with Gasteiger partial charge in [0.25, 0.3) is 0 Å². The molecule has 19 heavy (non-hydrogen) atoms. The second kappa shape index (κ2) is 4.56. The van der Waals surface area contributed by atoms with Crippen molar-refractivity contribution in [2.45, 2.75) is 6.92 Å². The maximum absolute atomic E-state index is 11.9. The van der Waals surface area contributed by atoms with Crippen LogP contribution in [0.15, 0.2) is 52.9 Å². The third-order valence-electron chi connectivity index (χ3n) is 3.05. The molecule has 0 aliphatic rings. The molecule has 0 fully saturated rings. The summed E-state index contributed by atoms with van der Waals surface area (Å²) in [6, 6.07) is 14.8. The predicted molar refractivity (Wildman–Crippen MR) is 76.7 cm³/mol. The molecule has 0 atom stereocenters. The highest BCUT2D eigenvalue weighted by molar-refractivity contribution is 6.30. The van der Waals surface area contributed by atoms with Gasteiger partial charge in [0.2, 0.25) is 0 Å². The van der Waals surface area contributed by atoms with E-state index in [9.17, 15) is 4.79 Å². The summed E-state index contributed by atoms with van der Waals surface area (Å²) in [6.45, 7) is 1.55. The van der Waals surface area contributed by atoms with Gasteiger partial charge in [-0.2, -0.15) is 0 Å². The molecule has 0 radical (unpaired) electrons. The summed E-state index contributed by atoms with van der Waals surface area (Å²) in [6.07, 6.45) is 0. The topological polar surface area (TPSA) is 30.2 Å². The molecule has 0 saturated heterocycles. The Labute approximate surface area is 115 Å². The predicted octanol–water partition coefficient (Wildman–Crippen LogP) is 4.96. The van der Waals surface area contributed by atoms with Gasteiger partial charge in [-0.15, -0.1) is 0 Å². The first-order valence-corrected chi connectivity index (χ1v) is 6.33. The second-order valence-corrected chi connectivity index (χ2v) is 4.80. The third kappa shape index (κ3) is 2.04. The summed E-state index contributed by atoms with van der Waals surface area (Å²) in [5.74, 6) is 0.597. The van der Waals surface area contributed by atoms with Crippen molar-refractivity contribution >= 4 is 28.4 Å². The molecular weight excluding hydrogens is 260 g/mol. The Morgan fingerprint density at radius 2 is 1.74 bits per heavy atom. The Morgan fingerprint density at radius 1 is 1.05 bits per heavy atom. The Bertz CT molecular complexity index is 754. The molecule has 0 aliphatic heterocycles. The fourth-order valence-electron chi connectivity index (χ4n) is 2.20. The van der Waals surface area contributed by atoms with Crippen LogP contribution < -0.4 is 0 Å². The minimum atomic E-state index is -0.00472. The quantitative estimate of drug-likeness (QED) is 0.616. The van der Waals surface area contributed by atoms with E-state index in [1.165, 1.54) is 0 Å². The molecule has 2 nitrogen and oxygen atoms in total. The summed E-state index contributed by atoms with van der Waals surface area (Å²) in [5, 5.41) is 1.50. The number of hydrogen-bond donors (Lipinski definition) is 0. The Balaban J connectivity index is 2.31. The van der Waals surface area contributed by atoms with E-state index < -0.39 is 0 Å². The molecule has 0 bridgehead atoms. The maximum atomic E-state index is 11.9. The first-order valence-electron chi connectivity index (χ1n) is 5.95. The van der Waals surface area contributed by atoms with Crippen molar-refractivity contribution in [1.82, 2.24) is 0 Å². The fourth-order valence-corrected chi connectivity index (χ4v) is 2.33. The molecule has 1 heterocycles. The average molecular weight is 271 g/mol. The van der Waals surface area contributed by atoms with Gasteiger partial charge in [-0.1, -0.05) is 29.8 Å². The molecule has 0 unspecified atom stereocenters. The van der Waals surface area contributed by atoms with Crippen LogP contribution in [0.5, 0.6) is 0 Å². The van der Waals surface area contributed by atoms with Crippen LogP contribution in [0, 0.1) is 0 Å². The molecule has 0 amide bonds. The molecule has 0 N–H and O–H groups in total. The van der Waals surface area contributed by atoms with Gasteiger partial charge in [0.15, 0.2) is 5.78 Å². The van der Waals surface area contributed by atoms with Gasteiger partial charge in [0.1, 0.15) is 11.3 Å². The SMILES string of the molecule is CC(=O)c1c(-c2ccc(Cl)cc2)oc2ccccc12. The minimum absolute atomic E-state index is 0.00472. The van der Waals surface area contributed by atoms with Crippen LogP contribution >= 0.6 is 11.6 Å². The summed E-state index contributed by atoms with van der Waals surface area (Å²) < 4.78 is 5.82. The van der Waals surface area contributed by atoms with Crippen LogP contribution in [0.1, 0.15) is 17.3 Å². The zero-order chi connectivity index (χ0) is 13.4. The molecule has 94 valence electrons. The van der Waals surface area contributed by atoms with E-state index in [1.807, 2.05) is 36.4 Å². The van der Waals surface area contributed by atoms with Gasteiger partial charge < -0.3 is 4.42 Å². The Hall–Kier alpha value is -2.06. The van der Waals surface area contributed by atoms with Crippen LogP contribution in [0.3, 0.4) is 0 Å². The smallest absolute Gasteiger partial charge is 0.164 e. The van der Waals surface area contributed by atoms with Crippen molar-refractivity contribution in [3.63, 3.8) is 0 Å². The van der Waals surface area contributed by atoms with Gasteiger partial charge in [-0.3, -0.25) is 4.79 Å². The lowest BCUT2D eigenvalue weighted by molar-refractivity contribution is 0.101. The molecule has 3 aromatic rings. The average Bonchev–Trinajstić information content (AvgIpc) is 2.78. The maximum Gasteiger partial charge on any atom is 0.164 e. The molecule has 1 aromatic heterocycles. The van der Waals surface area contributed by atoms with Crippen LogP contribution in [-0.4, -0.2) is 5.78 Å². The number of halogens is 1. The first-order chi connectivity index (χ1) is 9.16. The number of furan rings is 1. The zero-order valence-corrected chi connectivity index (χ0v) is 11.1. The standard InChI is InChI=1S/C16H11ClO2/c1-10(18)15-13-4-2-3-5-14(13)19-16(15)11-6-8-12(17)9-7-11/h2-9H,1H3. The van der Waals surface area contributed by atoms with E-state index in [1.54, 1.807) is 19.1 Å². The number of hydrogen-bond acceptors (Lipinski definition) is 2. The van der Waals surface area contributed by atoms with Crippen molar-refractivity contribution in [3.8, 4) is 11.3 Å². The van der Waals surface area contributed by atoms with Gasteiger partial charge in [0, 0.05) is 16.0 Å². The Morgan fingerprint density at radius 3 is 2.42 bits per heavy atom. The highest BCUT2D eigenvalue weighted by Gasteiger charge is 2.18. The van der Waals surface area contributed by atoms with E-state index in [0.717, 1.165) is 16.5 Å². The highest BCUT2D eigenvalue weighted by atomic mass is 35.5. The van der Waals surface area contributed by atoms with E-state index in [2.05, 4.69) is 0 Å². The number of carbonyl (C=O) groups excluding carboxylic acids is 1. The van der Waals surface area contributed by atoms with Crippen LogP contribution in [0.25, 0.3) is 22.3 Å². The van der Waals surface area contributed by atoms with Gasteiger partial charge in [0.05, 0.1) is 5.56 Å². The minimum Gasteiger partial charge on any atom is -0.455 e. The molecule has 0 saturated carbocycles. The largest absolute Gasteiger partial charge is 0.455 e. The molecule has 2 aromatic carbocycles. The van der Waals surface area contributed by atoms with E-state index in [-0.39, 0.29) is 5.78 Å². The van der Waals surface area contributed by atoms with Crippen LogP contribution in [-0.2, 0) is 0 Å². The van der Waals surface area contributed by atoms with Crippen molar-refractivity contribution in [2.75, 3.05) is 0 Å². The van der Waals surface area contributed by atoms with Gasteiger partial charge >= 0.3 is 0 Å². The van der Waals surface area contributed by atoms with E-state index in [0.29, 0.717) is 16.3 Å². The molecule has 0 spiro atoms. The van der Waals surface area contributed by atoms with Crippen LogP contribution in [0.2, 0.25) is 5.02 Å². The number of para-hydroxylation sites is 1. The lowest BCUT2D eigenvalue weighted by Crippen LogP contribution is -1.92. The van der Waals surface area contributed by atoms with Crippen LogP contribution in [0.4, 0.5) is 0 Å². The van der Waals surface area contributed by atoms with Crippen molar-refractivity contribution in [3.05, 3.63) is 59.1 Å². The Kier molecular flexibility index (Phi) is 2.88. The molecule has 3 rings (SSSR count). The number of rotatable bonds is 2.